The molecule has 0 radical (unpaired) electrons. The predicted molar refractivity (Wildman–Crippen MR) is 110 cm³/mol. The summed E-state index contributed by atoms with van der Waals surface area (Å²) >= 11 is 1.50. The first kappa shape index (κ1) is 21.0. The van der Waals surface area contributed by atoms with Crippen molar-refractivity contribution >= 4 is 27.3 Å². The van der Waals surface area contributed by atoms with E-state index >= 15 is 0 Å². The Labute approximate surface area is 171 Å². The van der Waals surface area contributed by atoms with E-state index in [0.29, 0.717) is 43.3 Å². The van der Waals surface area contributed by atoms with Gasteiger partial charge in [-0.2, -0.15) is 4.31 Å². The number of sulfonamides is 1. The van der Waals surface area contributed by atoms with E-state index in [-0.39, 0.29) is 11.8 Å². The Bertz CT molecular complexity index is 870. The molecule has 3 rings (SSSR count). The number of hydrogen-bond donors (Lipinski definition) is 1. The summed E-state index contributed by atoms with van der Waals surface area (Å²) in [5.74, 6) is 0.352. The molecule has 0 unspecified atom stereocenters. The largest absolute Gasteiger partial charge is 0.350 e. The summed E-state index contributed by atoms with van der Waals surface area (Å²) in [6.45, 7) is 5.43. The molecular weight excluding hydrogens is 394 g/mol. The Hall–Kier alpha value is -1.77. The lowest BCUT2D eigenvalue weighted by atomic mass is 9.97. The van der Waals surface area contributed by atoms with E-state index in [1.807, 2.05) is 17.5 Å². The van der Waals surface area contributed by atoms with Gasteiger partial charge in [0.2, 0.25) is 15.9 Å². The number of hydrogen-bond acceptors (Lipinski definition) is 5. The minimum atomic E-state index is -3.51. The number of aromatic nitrogens is 1. The van der Waals surface area contributed by atoms with E-state index in [9.17, 15) is 13.2 Å². The molecule has 8 heteroatoms. The van der Waals surface area contributed by atoms with Crippen LogP contribution in [0.5, 0.6) is 0 Å². The molecular formula is C20H27N3O3S2. The summed E-state index contributed by atoms with van der Waals surface area (Å²) in [6.07, 6.45) is 2.00. The van der Waals surface area contributed by atoms with Crippen molar-refractivity contribution in [1.82, 2.24) is 14.6 Å². The van der Waals surface area contributed by atoms with Crippen LogP contribution in [0.2, 0.25) is 0 Å². The summed E-state index contributed by atoms with van der Waals surface area (Å²) in [5, 5.41) is 4.80. The number of amides is 1. The molecule has 1 aromatic heterocycles. The summed E-state index contributed by atoms with van der Waals surface area (Å²) in [5.41, 5.74) is 3.73. The SMILES string of the molecule is CC(C)Cc1ccc(S(=O)(=O)N2CCC(C(=O)NCc3cscn3)CC2)cc1. The van der Waals surface area contributed by atoms with Crippen LogP contribution in [0.15, 0.2) is 40.1 Å². The van der Waals surface area contributed by atoms with Gasteiger partial charge in [-0.05, 0) is 42.9 Å². The number of piperidine rings is 1. The van der Waals surface area contributed by atoms with E-state index in [0.717, 1.165) is 17.7 Å². The molecule has 0 aliphatic carbocycles. The van der Waals surface area contributed by atoms with Gasteiger partial charge < -0.3 is 5.32 Å². The van der Waals surface area contributed by atoms with Crippen LogP contribution in [0, 0.1) is 11.8 Å². The van der Waals surface area contributed by atoms with E-state index in [2.05, 4.69) is 24.1 Å². The fourth-order valence-electron chi connectivity index (χ4n) is 3.42. The monoisotopic (exact) mass is 421 g/mol. The first-order chi connectivity index (χ1) is 13.4. The van der Waals surface area contributed by atoms with Crippen molar-refractivity contribution in [1.29, 1.82) is 0 Å². The number of thiazole rings is 1. The van der Waals surface area contributed by atoms with Gasteiger partial charge in [0, 0.05) is 24.4 Å². The van der Waals surface area contributed by atoms with Crippen LogP contribution in [-0.4, -0.2) is 36.7 Å². The second kappa shape index (κ2) is 9.15. The molecule has 1 amide bonds. The Morgan fingerprint density at radius 1 is 1.25 bits per heavy atom. The molecule has 0 saturated carbocycles. The minimum absolute atomic E-state index is 0.0249. The van der Waals surface area contributed by atoms with Gasteiger partial charge in [0.25, 0.3) is 0 Å². The quantitative estimate of drug-likeness (QED) is 0.745. The zero-order valence-electron chi connectivity index (χ0n) is 16.3. The number of carbonyl (C=O) groups excluding carboxylic acids is 1. The molecule has 0 bridgehead atoms. The second-order valence-corrected chi connectivity index (χ2v) is 10.3. The van der Waals surface area contributed by atoms with Gasteiger partial charge >= 0.3 is 0 Å². The molecule has 1 aliphatic rings. The van der Waals surface area contributed by atoms with Crippen molar-refractivity contribution in [3.63, 3.8) is 0 Å². The van der Waals surface area contributed by atoms with Gasteiger partial charge in [-0.3, -0.25) is 4.79 Å². The van der Waals surface area contributed by atoms with Crippen LogP contribution >= 0.6 is 11.3 Å². The maximum atomic E-state index is 12.9. The Morgan fingerprint density at radius 2 is 1.93 bits per heavy atom. The van der Waals surface area contributed by atoms with Crippen molar-refractivity contribution in [3.8, 4) is 0 Å². The average Bonchev–Trinajstić information content (AvgIpc) is 3.20. The van der Waals surface area contributed by atoms with Gasteiger partial charge in [-0.15, -0.1) is 11.3 Å². The maximum absolute atomic E-state index is 12.9. The average molecular weight is 422 g/mol. The summed E-state index contributed by atoms with van der Waals surface area (Å²) in [4.78, 5) is 16.8. The van der Waals surface area contributed by atoms with Gasteiger partial charge in [0.15, 0.2) is 0 Å². The Balaban J connectivity index is 1.55. The molecule has 1 aromatic carbocycles. The fourth-order valence-corrected chi connectivity index (χ4v) is 5.45. The molecule has 1 N–H and O–H groups in total. The highest BCUT2D eigenvalue weighted by Gasteiger charge is 2.32. The van der Waals surface area contributed by atoms with Crippen LogP contribution in [0.1, 0.15) is 37.9 Å². The van der Waals surface area contributed by atoms with Crippen molar-refractivity contribution in [2.75, 3.05) is 13.1 Å². The predicted octanol–water partition coefficient (Wildman–Crippen LogP) is 3.06. The van der Waals surface area contributed by atoms with Crippen LogP contribution in [0.25, 0.3) is 0 Å². The zero-order valence-corrected chi connectivity index (χ0v) is 17.9. The molecule has 1 saturated heterocycles. The molecule has 6 nitrogen and oxygen atoms in total. The van der Waals surface area contributed by atoms with Crippen LogP contribution in [-0.2, 0) is 27.8 Å². The molecule has 1 fully saturated rings. The van der Waals surface area contributed by atoms with Crippen molar-refractivity contribution in [2.45, 2.75) is 44.6 Å². The highest BCUT2D eigenvalue weighted by molar-refractivity contribution is 7.89. The Morgan fingerprint density at radius 3 is 2.50 bits per heavy atom. The third-order valence-corrected chi connectivity index (χ3v) is 7.51. The van der Waals surface area contributed by atoms with E-state index in [1.165, 1.54) is 15.6 Å². The fraction of sp³-hybridized carbons (Fsp3) is 0.500. The van der Waals surface area contributed by atoms with Gasteiger partial charge in [-0.1, -0.05) is 26.0 Å². The van der Waals surface area contributed by atoms with Gasteiger partial charge in [0.05, 0.1) is 22.6 Å². The maximum Gasteiger partial charge on any atom is 0.243 e. The molecule has 0 atom stereocenters. The molecule has 1 aliphatic heterocycles. The van der Waals surface area contributed by atoms with Crippen molar-refractivity contribution in [2.24, 2.45) is 11.8 Å². The normalized spacial score (nSPS) is 16.4. The van der Waals surface area contributed by atoms with Gasteiger partial charge in [-0.25, -0.2) is 13.4 Å². The highest BCUT2D eigenvalue weighted by Crippen LogP contribution is 2.24. The number of carbonyl (C=O) groups is 1. The molecule has 28 heavy (non-hydrogen) atoms. The minimum Gasteiger partial charge on any atom is -0.350 e. The first-order valence-electron chi connectivity index (χ1n) is 9.60. The van der Waals surface area contributed by atoms with Crippen LogP contribution < -0.4 is 5.32 Å². The second-order valence-electron chi connectivity index (χ2n) is 7.62. The summed E-state index contributed by atoms with van der Waals surface area (Å²) in [7, 11) is -3.51. The zero-order chi connectivity index (χ0) is 20.1. The first-order valence-corrected chi connectivity index (χ1v) is 12.0. The van der Waals surface area contributed by atoms with E-state index < -0.39 is 10.0 Å². The molecule has 0 spiro atoms. The topological polar surface area (TPSA) is 79.4 Å². The number of benzene rings is 1. The Kier molecular flexibility index (Phi) is 6.85. The van der Waals surface area contributed by atoms with E-state index in [4.69, 9.17) is 0 Å². The molecule has 2 aromatic rings. The number of nitrogens with zero attached hydrogens (tertiary/aromatic N) is 2. The lowest BCUT2D eigenvalue weighted by molar-refractivity contribution is -0.126. The molecule has 2 heterocycles. The standard InChI is InChI=1S/C20H27N3O3S2/c1-15(2)11-16-3-5-19(6-4-16)28(25,26)23-9-7-17(8-10-23)20(24)21-12-18-13-27-14-22-18/h3-6,13-15,17H,7-12H2,1-2H3,(H,21,24). The third-order valence-electron chi connectivity index (χ3n) is 4.96. The summed E-state index contributed by atoms with van der Waals surface area (Å²) < 4.78 is 27.3. The molecule has 152 valence electrons. The third kappa shape index (κ3) is 5.18. The van der Waals surface area contributed by atoms with Gasteiger partial charge in [0.1, 0.15) is 0 Å². The van der Waals surface area contributed by atoms with Crippen molar-refractivity contribution < 1.29 is 13.2 Å². The number of nitrogens with one attached hydrogen (secondary N) is 1. The lowest BCUT2D eigenvalue weighted by Crippen LogP contribution is -2.42. The van der Waals surface area contributed by atoms with E-state index in [1.54, 1.807) is 17.6 Å². The lowest BCUT2D eigenvalue weighted by Gasteiger charge is -2.30. The smallest absolute Gasteiger partial charge is 0.243 e. The highest BCUT2D eigenvalue weighted by atomic mass is 32.2. The van der Waals surface area contributed by atoms with Crippen LogP contribution in [0.4, 0.5) is 0 Å². The van der Waals surface area contributed by atoms with Crippen molar-refractivity contribution in [3.05, 3.63) is 46.4 Å². The summed E-state index contributed by atoms with van der Waals surface area (Å²) in [6, 6.07) is 7.18. The van der Waals surface area contributed by atoms with Crippen LogP contribution in [0.3, 0.4) is 0 Å². The number of rotatable bonds is 7.